The van der Waals surface area contributed by atoms with Gasteiger partial charge in [0, 0.05) is 6.92 Å². The summed E-state index contributed by atoms with van der Waals surface area (Å²) in [6, 6.07) is 5.02. The molecule has 0 N–H and O–H groups in total. The summed E-state index contributed by atoms with van der Waals surface area (Å²) in [6.07, 6.45) is -0.809. The van der Waals surface area contributed by atoms with Crippen LogP contribution in [0.15, 0.2) is 18.2 Å². The molecule has 0 fully saturated rings. The highest BCUT2D eigenvalue weighted by Gasteiger charge is 2.27. The van der Waals surface area contributed by atoms with Crippen molar-refractivity contribution in [1.29, 1.82) is 0 Å². The van der Waals surface area contributed by atoms with Crippen LogP contribution in [0.1, 0.15) is 6.92 Å². The predicted molar refractivity (Wildman–Crippen MR) is 47.6 cm³/mol. The van der Waals surface area contributed by atoms with Crippen LogP contribution in [0.25, 0.3) is 0 Å². The number of ketones is 1. The third-order valence-corrected chi connectivity index (χ3v) is 1.77. The molecule has 0 aliphatic carbocycles. The molecule has 2 radical (unpaired) electrons. The van der Waals surface area contributed by atoms with Crippen LogP contribution in [0.2, 0.25) is 0 Å². The normalized spacial score (nSPS) is 18.7. The predicted octanol–water partition coefficient (Wildman–Crippen LogP) is 0.167. The summed E-state index contributed by atoms with van der Waals surface area (Å²) < 4.78 is 10.4. The molecule has 1 aromatic rings. The van der Waals surface area contributed by atoms with Crippen molar-refractivity contribution in [3.8, 4) is 11.5 Å². The number of Topliss-reactive ketones (excluding diaryl/α,β-unsaturated/α-hetero) is 1. The van der Waals surface area contributed by atoms with Gasteiger partial charge >= 0.3 is 6.29 Å². The highest BCUT2D eigenvalue weighted by atomic mass is 16.7. The smallest absolute Gasteiger partial charge is 0.300 e. The van der Waals surface area contributed by atoms with Crippen LogP contribution in [0.3, 0.4) is 0 Å². The minimum atomic E-state index is -0.809. The number of hydrogen-bond donors (Lipinski definition) is 0. The van der Waals surface area contributed by atoms with Gasteiger partial charge in [0.2, 0.25) is 5.78 Å². The Morgan fingerprint density at radius 2 is 2.08 bits per heavy atom. The van der Waals surface area contributed by atoms with Crippen molar-refractivity contribution in [2.75, 3.05) is 0 Å². The molecular weight excluding hydrogens is 167 g/mol. The maximum absolute atomic E-state index is 10.9. The lowest BCUT2D eigenvalue weighted by atomic mass is 9.96. The van der Waals surface area contributed by atoms with Gasteiger partial charge in [-0.2, -0.15) is 0 Å². The second-order valence-electron chi connectivity index (χ2n) is 2.88. The quantitative estimate of drug-likeness (QED) is 0.569. The van der Waals surface area contributed by atoms with Crippen molar-refractivity contribution in [3.05, 3.63) is 18.2 Å². The molecule has 4 heteroatoms. The first-order chi connectivity index (χ1) is 6.16. The van der Waals surface area contributed by atoms with E-state index in [4.69, 9.17) is 17.3 Å². The van der Waals surface area contributed by atoms with Gasteiger partial charge in [0.1, 0.15) is 7.85 Å². The van der Waals surface area contributed by atoms with Crippen molar-refractivity contribution >= 4 is 19.1 Å². The Hall–Kier alpha value is -1.45. The van der Waals surface area contributed by atoms with Crippen molar-refractivity contribution in [2.24, 2.45) is 0 Å². The number of carbonyl (C=O) groups is 1. The van der Waals surface area contributed by atoms with Crippen molar-refractivity contribution in [1.82, 2.24) is 0 Å². The van der Waals surface area contributed by atoms with E-state index in [0.717, 1.165) is 0 Å². The lowest BCUT2D eigenvalue weighted by Crippen LogP contribution is -2.26. The van der Waals surface area contributed by atoms with Gasteiger partial charge in [-0.05, 0) is 12.1 Å². The molecule has 1 aromatic carbocycles. The average molecular weight is 174 g/mol. The molecule has 0 saturated carbocycles. The highest BCUT2D eigenvalue weighted by Crippen LogP contribution is 2.33. The van der Waals surface area contributed by atoms with Crippen LogP contribution in [-0.2, 0) is 4.79 Å². The molecule has 64 valence electrons. The molecule has 3 nitrogen and oxygen atoms in total. The van der Waals surface area contributed by atoms with E-state index in [0.29, 0.717) is 17.0 Å². The Bertz CT molecular complexity index is 362. The molecule has 1 heterocycles. The van der Waals surface area contributed by atoms with E-state index in [1.54, 1.807) is 18.2 Å². The van der Waals surface area contributed by atoms with Gasteiger partial charge in [-0.3, -0.25) is 4.79 Å². The van der Waals surface area contributed by atoms with Gasteiger partial charge in [-0.1, -0.05) is 11.5 Å². The van der Waals surface area contributed by atoms with E-state index in [1.165, 1.54) is 6.92 Å². The average Bonchev–Trinajstić information content (AvgIpc) is 2.46. The second-order valence-corrected chi connectivity index (χ2v) is 2.88. The molecule has 1 aliphatic heterocycles. The summed E-state index contributed by atoms with van der Waals surface area (Å²) in [6.45, 7) is 1.42. The van der Waals surface area contributed by atoms with Gasteiger partial charge in [-0.15, -0.1) is 0 Å². The third-order valence-electron chi connectivity index (χ3n) is 1.77. The van der Waals surface area contributed by atoms with E-state index in [9.17, 15) is 4.79 Å². The highest BCUT2D eigenvalue weighted by molar-refractivity contribution is 6.32. The van der Waals surface area contributed by atoms with Crippen molar-refractivity contribution in [3.63, 3.8) is 0 Å². The first-order valence-electron chi connectivity index (χ1n) is 3.90. The molecule has 0 saturated heterocycles. The first kappa shape index (κ1) is 8.17. The molecule has 0 spiro atoms. The molecule has 1 atom stereocenters. The van der Waals surface area contributed by atoms with Gasteiger partial charge < -0.3 is 9.47 Å². The Labute approximate surface area is 77.1 Å². The topological polar surface area (TPSA) is 35.5 Å². The number of fused-ring (bicyclic) bond motifs is 1. The fraction of sp³-hybridized carbons (Fsp3) is 0.222. The largest absolute Gasteiger partial charge is 0.444 e. The van der Waals surface area contributed by atoms with E-state index in [1.807, 2.05) is 0 Å². The fourth-order valence-corrected chi connectivity index (χ4v) is 1.13. The Kier molecular flexibility index (Phi) is 1.76. The summed E-state index contributed by atoms with van der Waals surface area (Å²) in [5.41, 5.74) is 0.589. The van der Waals surface area contributed by atoms with Crippen LogP contribution in [0.5, 0.6) is 11.5 Å². The zero-order valence-corrected chi connectivity index (χ0v) is 7.11. The van der Waals surface area contributed by atoms with Crippen LogP contribution in [-0.4, -0.2) is 19.9 Å². The molecule has 0 bridgehead atoms. The number of rotatable bonds is 1. The fourth-order valence-electron chi connectivity index (χ4n) is 1.13. The summed E-state index contributed by atoms with van der Waals surface area (Å²) in [5, 5.41) is 0. The molecule has 0 amide bonds. The zero-order chi connectivity index (χ0) is 9.42. The maximum Gasteiger partial charge on any atom is 0.300 e. The van der Waals surface area contributed by atoms with Crippen molar-refractivity contribution < 1.29 is 14.3 Å². The molecule has 2 rings (SSSR count). The van der Waals surface area contributed by atoms with Crippen LogP contribution >= 0.6 is 0 Å². The lowest BCUT2D eigenvalue weighted by Gasteiger charge is -2.03. The van der Waals surface area contributed by atoms with Gasteiger partial charge in [0.25, 0.3) is 0 Å². The monoisotopic (exact) mass is 174 g/mol. The Morgan fingerprint density at radius 3 is 2.77 bits per heavy atom. The van der Waals surface area contributed by atoms with Gasteiger partial charge in [-0.25, -0.2) is 0 Å². The van der Waals surface area contributed by atoms with Gasteiger partial charge in [0.05, 0.1) is 0 Å². The molecule has 13 heavy (non-hydrogen) atoms. The number of ether oxygens (including phenoxy) is 2. The molecule has 0 aromatic heterocycles. The SMILES string of the molecule is [B]c1ccc2c(c1)OC(C(C)=O)O2. The van der Waals surface area contributed by atoms with E-state index >= 15 is 0 Å². The van der Waals surface area contributed by atoms with E-state index < -0.39 is 6.29 Å². The number of carbonyl (C=O) groups excluding carboxylic acids is 1. The Morgan fingerprint density at radius 1 is 1.38 bits per heavy atom. The maximum atomic E-state index is 10.9. The number of benzene rings is 1. The standard InChI is InChI=1S/C9H7BO3/c1-5(11)9-12-7-3-2-6(10)4-8(7)13-9/h2-4,9H,1H3. The second kappa shape index (κ2) is 2.80. The molecular formula is C9H7BO3. The van der Waals surface area contributed by atoms with E-state index in [-0.39, 0.29) is 5.78 Å². The molecule has 1 unspecified atom stereocenters. The van der Waals surface area contributed by atoms with Crippen LogP contribution < -0.4 is 14.9 Å². The minimum Gasteiger partial charge on any atom is -0.444 e. The molecule has 1 aliphatic rings. The van der Waals surface area contributed by atoms with Crippen LogP contribution in [0, 0.1) is 0 Å². The third kappa shape index (κ3) is 1.39. The Balaban J connectivity index is 2.30. The summed E-state index contributed by atoms with van der Waals surface area (Å²) in [4.78, 5) is 10.9. The summed E-state index contributed by atoms with van der Waals surface area (Å²) in [5.74, 6) is 0.935. The number of hydrogen-bond acceptors (Lipinski definition) is 3. The minimum absolute atomic E-state index is 0.158. The van der Waals surface area contributed by atoms with E-state index in [2.05, 4.69) is 0 Å². The summed E-state index contributed by atoms with van der Waals surface area (Å²) in [7, 11) is 5.53. The summed E-state index contributed by atoms with van der Waals surface area (Å²) >= 11 is 0. The lowest BCUT2D eigenvalue weighted by molar-refractivity contribution is -0.132. The van der Waals surface area contributed by atoms with Crippen molar-refractivity contribution in [2.45, 2.75) is 13.2 Å². The van der Waals surface area contributed by atoms with Gasteiger partial charge in [0.15, 0.2) is 11.5 Å². The zero-order valence-electron chi connectivity index (χ0n) is 7.11. The van der Waals surface area contributed by atoms with Crippen LogP contribution in [0.4, 0.5) is 0 Å². The first-order valence-corrected chi connectivity index (χ1v) is 3.90.